The third-order valence-corrected chi connectivity index (χ3v) is 4.82. The molecule has 1 unspecified atom stereocenters. The van der Waals surface area contributed by atoms with Crippen LogP contribution >= 0.6 is 0 Å². The van der Waals surface area contributed by atoms with E-state index in [4.69, 9.17) is 4.74 Å². The fourth-order valence-corrected chi connectivity index (χ4v) is 3.64. The van der Waals surface area contributed by atoms with Gasteiger partial charge in [-0.2, -0.15) is 0 Å². The van der Waals surface area contributed by atoms with Crippen LogP contribution in [0.15, 0.2) is 24.7 Å². The summed E-state index contributed by atoms with van der Waals surface area (Å²) in [5.74, 6) is 0.00373. The van der Waals surface area contributed by atoms with Gasteiger partial charge < -0.3 is 10.1 Å². The zero-order valence-corrected chi connectivity index (χ0v) is 13.0. The van der Waals surface area contributed by atoms with Crippen LogP contribution in [0.5, 0.6) is 0 Å². The molecule has 122 valence electrons. The molecule has 2 aromatic heterocycles. The number of amides is 1. The molecule has 7 nitrogen and oxygen atoms in total. The number of carbonyl (C=O) groups excluding carboxylic acids is 1. The predicted molar refractivity (Wildman–Crippen MR) is 85.2 cm³/mol. The number of anilines is 1. The van der Waals surface area contributed by atoms with Gasteiger partial charge >= 0.3 is 0 Å². The summed E-state index contributed by atoms with van der Waals surface area (Å²) in [5, 5.41) is 10.8. The van der Waals surface area contributed by atoms with Crippen molar-refractivity contribution in [3.05, 3.63) is 24.7 Å². The average molecular weight is 315 g/mol. The second kappa shape index (κ2) is 6.25. The van der Waals surface area contributed by atoms with Crippen molar-refractivity contribution in [1.29, 1.82) is 0 Å². The van der Waals surface area contributed by atoms with E-state index in [1.54, 1.807) is 10.7 Å². The van der Waals surface area contributed by atoms with Gasteiger partial charge in [0.25, 0.3) is 0 Å². The first-order valence-electron chi connectivity index (χ1n) is 8.25. The topological polar surface area (TPSA) is 71.8 Å². The third-order valence-electron chi connectivity index (χ3n) is 4.82. The Morgan fingerprint density at radius 1 is 1.30 bits per heavy atom. The highest BCUT2D eigenvalue weighted by Gasteiger charge is 2.35. The van der Waals surface area contributed by atoms with Gasteiger partial charge in [-0.1, -0.05) is 12.8 Å². The van der Waals surface area contributed by atoms with E-state index >= 15 is 0 Å². The van der Waals surface area contributed by atoms with E-state index < -0.39 is 0 Å². The van der Waals surface area contributed by atoms with E-state index in [1.807, 2.05) is 18.3 Å². The van der Waals surface area contributed by atoms with Crippen molar-refractivity contribution in [2.45, 2.75) is 37.8 Å². The molecule has 1 aliphatic carbocycles. The molecular formula is C16H21N5O2. The lowest BCUT2D eigenvalue weighted by Crippen LogP contribution is -2.55. The van der Waals surface area contributed by atoms with Gasteiger partial charge in [0.15, 0.2) is 5.65 Å². The largest absolute Gasteiger partial charge is 0.378 e. The van der Waals surface area contributed by atoms with Gasteiger partial charge in [-0.05, 0) is 25.0 Å². The zero-order chi connectivity index (χ0) is 15.6. The van der Waals surface area contributed by atoms with E-state index in [2.05, 4.69) is 20.4 Å². The average Bonchev–Trinajstić information content (AvgIpc) is 3.26. The molecule has 1 amide bonds. The first kappa shape index (κ1) is 14.6. The number of nitrogens with one attached hydrogen (secondary N) is 1. The number of aromatic nitrogens is 3. The molecule has 4 rings (SSSR count). The minimum absolute atomic E-state index is 0.00373. The first-order valence-corrected chi connectivity index (χ1v) is 8.25. The number of morpholine rings is 1. The molecule has 1 saturated heterocycles. The number of hydrogen-bond donors (Lipinski definition) is 1. The maximum atomic E-state index is 12.7. The maximum Gasteiger partial charge on any atom is 0.244 e. The standard InChI is InChI=1S/C16H21N5O2/c22-16(18-12-5-6-15-19-17-11-20(15)9-12)14-10-23-8-7-21(14)13-3-1-2-4-13/h5-6,9,11,13-14H,1-4,7-8,10H2,(H,18,22). The van der Waals surface area contributed by atoms with E-state index in [0.29, 0.717) is 19.3 Å². The maximum absolute atomic E-state index is 12.7. The van der Waals surface area contributed by atoms with E-state index in [0.717, 1.165) is 17.9 Å². The van der Waals surface area contributed by atoms with Gasteiger partial charge in [-0.25, -0.2) is 0 Å². The second-order valence-electron chi connectivity index (χ2n) is 6.27. The van der Waals surface area contributed by atoms with Crippen LogP contribution in [-0.4, -0.2) is 57.2 Å². The summed E-state index contributed by atoms with van der Waals surface area (Å²) >= 11 is 0. The predicted octanol–water partition coefficient (Wildman–Crippen LogP) is 1.31. The molecule has 7 heteroatoms. The molecule has 1 aliphatic heterocycles. The van der Waals surface area contributed by atoms with Gasteiger partial charge in [0.1, 0.15) is 12.4 Å². The normalized spacial score (nSPS) is 23.4. The lowest BCUT2D eigenvalue weighted by atomic mass is 10.1. The first-order chi connectivity index (χ1) is 11.3. The number of nitrogens with zero attached hydrogens (tertiary/aromatic N) is 4. The second-order valence-corrected chi connectivity index (χ2v) is 6.27. The Balaban J connectivity index is 1.49. The molecule has 0 bridgehead atoms. The Bertz CT molecular complexity index is 695. The fourth-order valence-electron chi connectivity index (χ4n) is 3.64. The number of hydrogen-bond acceptors (Lipinski definition) is 5. The molecule has 0 radical (unpaired) electrons. The highest BCUT2D eigenvalue weighted by molar-refractivity contribution is 5.95. The summed E-state index contributed by atoms with van der Waals surface area (Å²) in [5.41, 5.74) is 1.51. The Morgan fingerprint density at radius 3 is 3.04 bits per heavy atom. The molecule has 2 fully saturated rings. The van der Waals surface area contributed by atoms with Crippen molar-refractivity contribution in [2.75, 3.05) is 25.1 Å². The van der Waals surface area contributed by atoms with Crippen LogP contribution in [0.3, 0.4) is 0 Å². The van der Waals surface area contributed by atoms with Gasteiger partial charge in [-0.3, -0.25) is 14.1 Å². The van der Waals surface area contributed by atoms with Crippen LogP contribution in [0.1, 0.15) is 25.7 Å². The molecule has 0 aromatic carbocycles. The van der Waals surface area contributed by atoms with Crippen molar-refractivity contribution in [2.24, 2.45) is 0 Å². The number of rotatable bonds is 3. The van der Waals surface area contributed by atoms with Crippen LogP contribution in [0, 0.1) is 0 Å². The lowest BCUT2D eigenvalue weighted by molar-refractivity contribution is -0.129. The molecule has 0 spiro atoms. The van der Waals surface area contributed by atoms with Gasteiger partial charge in [-0.15, -0.1) is 10.2 Å². The van der Waals surface area contributed by atoms with Crippen LogP contribution in [0.4, 0.5) is 5.69 Å². The molecule has 1 saturated carbocycles. The number of ether oxygens (including phenoxy) is 1. The summed E-state index contributed by atoms with van der Waals surface area (Å²) in [6.45, 7) is 2.03. The molecule has 2 aromatic rings. The SMILES string of the molecule is O=C(Nc1ccc2nncn2c1)C1COCCN1C1CCCC1. The van der Waals surface area contributed by atoms with Crippen LogP contribution in [0.2, 0.25) is 0 Å². The fraction of sp³-hybridized carbons (Fsp3) is 0.562. The van der Waals surface area contributed by atoms with Gasteiger partial charge in [0.05, 0.1) is 18.9 Å². The zero-order valence-electron chi connectivity index (χ0n) is 13.0. The van der Waals surface area contributed by atoms with Crippen LogP contribution in [0.25, 0.3) is 5.65 Å². The minimum Gasteiger partial charge on any atom is -0.378 e. The van der Waals surface area contributed by atoms with Crippen molar-refractivity contribution < 1.29 is 9.53 Å². The van der Waals surface area contributed by atoms with E-state index in [9.17, 15) is 4.79 Å². The summed E-state index contributed by atoms with van der Waals surface area (Å²) in [6, 6.07) is 4.01. The monoisotopic (exact) mass is 315 g/mol. The Labute approximate surface area is 134 Å². The summed E-state index contributed by atoms with van der Waals surface area (Å²) in [6.07, 6.45) is 8.37. The minimum atomic E-state index is -0.205. The van der Waals surface area contributed by atoms with Crippen molar-refractivity contribution in [1.82, 2.24) is 19.5 Å². The quantitative estimate of drug-likeness (QED) is 0.924. The summed E-state index contributed by atoms with van der Waals surface area (Å²) in [7, 11) is 0. The molecule has 3 heterocycles. The number of pyridine rings is 1. The highest BCUT2D eigenvalue weighted by atomic mass is 16.5. The van der Waals surface area contributed by atoms with E-state index in [1.165, 1.54) is 25.7 Å². The lowest BCUT2D eigenvalue weighted by Gasteiger charge is -2.38. The Morgan fingerprint density at radius 2 is 2.17 bits per heavy atom. The van der Waals surface area contributed by atoms with Crippen molar-refractivity contribution in [3.8, 4) is 0 Å². The third kappa shape index (κ3) is 2.94. The summed E-state index contributed by atoms with van der Waals surface area (Å²) in [4.78, 5) is 15.1. The molecular weight excluding hydrogens is 294 g/mol. The molecule has 23 heavy (non-hydrogen) atoms. The molecule has 1 atom stereocenters. The van der Waals surface area contributed by atoms with Crippen LogP contribution in [-0.2, 0) is 9.53 Å². The van der Waals surface area contributed by atoms with Crippen LogP contribution < -0.4 is 5.32 Å². The highest BCUT2D eigenvalue weighted by Crippen LogP contribution is 2.27. The molecule has 2 aliphatic rings. The Kier molecular flexibility index (Phi) is 3.97. The summed E-state index contributed by atoms with van der Waals surface area (Å²) < 4.78 is 7.35. The molecule has 1 N–H and O–H groups in total. The Hall–Kier alpha value is -1.99. The van der Waals surface area contributed by atoms with Crippen molar-refractivity contribution >= 4 is 17.2 Å². The number of carbonyl (C=O) groups is 1. The van der Waals surface area contributed by atoms with Gasteiger partial charge in [0.2, 0.25) is 5.91 Å². The van der Waals surface area contributed by atoms with Crippen molar-refractivity contribution in [3.63, 3.8) is 0 Å². The smallest absolute Gasteiger partial charge is 0.244 e. The number of fused-ring (bicyclic) bond motifs is 1. The van der Waals surface area contributed by atoms with Gasteiger partial charge in [0, 0.05) is 18.8 Å². The van der Waals surface area contributed by atoms with E-state index in [-0.39, 0.29) is 11.9 Å².